The van der Waals surface area contributed by atoms with Crippen molar-refractivity contribution in [3.8, 4) is 33.8 Å². The predicted molar refractivity (Wildman–Crippen MR) is 133 cm³/mol. The van der Waals surface area contributed by atoms with Gasteiger partial charge in [0.1, 0.15) is 11.5 Å². The highest BCUT2D eigenvalue weighted by Crippen LogP contribution is 2.40. The lowest BCUT2D eigenvalue weighted by molar-refractivity contribution is 0.414. The highest BCUT2D eigenvalue weighted by molar-refractivity contribution is 9.08. The Labute approximate surface area is 194 Å². The van der Waals surface area contributed by atoms with E-state index in [2.05, 4.69) is 92.5 Å². The van der Waals surface area contributed by atoms with Crippen LogP contribution >= 0.6 is 31.9 Å². The molecule has 0 bridgehead atoms. The molecule has 0 N–H and O–H groups in total. The van der Waals surface area contributed by atoms with E-state index in [0.717, 1.165) is 22.2 Å². The Hall–Kier alpha value is -2.30. The first-order chi connectivity index (χ1) is 14.7. The van der Waals surface area contributed by atoms with Gasteiger partial charge in [0.15, 0.2) is 0 Å². The molecular weight excluding hydrogens is 504 g/mol. The molecule has 0 amide bonds. The Kier molecular flexibility index (Phi) is 6.45. The van der Waals surface area contributed by atoms with Crippen LogP contribution in [0.15, 0.2) is 72.8 Å². The SMILES string of the molecule is COc1ccc(-c2cccc3cccc(-c4ccc(OC)cc4CBr)c23)c(CBr)c1. The summed E-state index contributed by atoms with van der Waals surface area (Å²) in [6.45, 7) is 0. The van der Waals surface area contributed by atoms with Crippen LogP contribution in [0, 0.1) is 0 Å². The number of fused-ring (bicyclic) bond motifs is 1. The van der Waals surface area contributed by atoms with Crippen LogP contribution in [0.25, 0.3) is 33.0 Å². The van der Waals surface area contributed by atoms with Gasteiger partial charge in [0.25, 0.3) is 0 Å². The Bertz CT molecular complexity index is 1110. The Balaban J connectivity index is 2.02. The smallest absolute Gasteiger partial charge is 0.119 e. The van der Waals surface area contributed by atoms with Crippen LogP contribution in [-0.2, 0) is 10.7 Å². The third kappa shape index (κ3) is 3.86. The molecule has 152 valence electrons. The van der Waals surface area contributed by atoms with Crippen LogP contribution in [0.4, 0.5) is 0 Å². The van der Waals surface area contributed by atoms with Gasteiger partial charge in [0, 0.05) is 10.7 Å². The summed E-state index contributed by atoms with van der Waals surface area (Å²) < 4.78 is 10.9. The summed E-state index contributed by atoms with van der Waals surface area (Å²) in [6, 6.07) is 25.6. The molecule has 4 aromatic carbocycles. The largest absolute Gasteiger partial charge is 0.497 e. The zero-order valence-corrected chi connectivity index (χ0v) is 20.1. The first kappa shape index (κ1) is 21.0. The van der Waals surface area contributed by atoms with Gasteiger partial charge in [0.2, 0.25) is 0 Å². The van der Waals surface area contributed by atoms with Gasteiger partial charge in [-0.05, 0) is 68.4 Å². The fourth-order valence-electron chi connectivity index (χ4n) is 3.93. The summed E-state index contributed by atoms with van der Waals surface area (Å²) in [5, 5.41) is 3.98. The van der Waals surface area contributed by atoms with E-state index in [1.165, 1.54) is 44.2 Å². The van der Waals surface area contributed by atoms with Crippen molar-refractivity contribution in [2.75, 3.05) is 14.2 Å². The Morgan fingerprint density at radius 3 is 1.47 bits per heavy atom. The number of halogens is 2. The number of hydrogen-bond acceptors (Lipinski definition) is 2. The van der Waals surface area contributed by atoms with Gasteiger partial charge in [0.05, 0.1) is 14.2 Å². The van der Waals surface area contributed by atoms with Crippen LogP contribution in [0.3, 0.4) is 0 Å². The fourth-order valence-corrected chi connectivity index (χ4v) is 4.86. The molecule has 0 saturated carbocycles. The van der Waals surface area contributed by atoms with Crippen molar-refractivity contribution in [2.24, 2.45) is 0 Å². The van der Waals surface area contributed by atoms with E-state index in [1.807, 2.05) is 12.1 Å². The molecule has 0 aliphatic heterocycles. The summed E-state index contributed by atoms with van der Waals surface area (Å²) in [6.07, 6.45) is 0. The second-order valence-corrected chi connectivity index (χ2v) is 8.14. The van der Waals surface area contributed by atoms with Crippen molar-refractivity contribution in [2.45, 2.75) is 10.7 Å². The molecule has 0 radical (unpaired) electrons. The van der Waals surface area contributed by atoms with Crippen LogP contribution < -0.4 is 9.47 Å². The number of ether oxygens (including phenoxy) is 2. The van der Waals surface area contributed by atoms with Crippen LogP contribution in [-0.4, -0.2) is 14.2 Å². The van der Waals surface area contributed by atoms with Crippen LogP contribution in [0.1, 0.15) is 11.1 Å². The molecular formula is C26H22Br2O2. The van der Waals surface area contributed by atoms with E-state index in [0.29, 0.717) is 0 Å². The zero-order valence-electron chi connectivity index (χ0n) is 16.9. The number of rotatable bonds is 6. The molecule has 0 heterocycles. The molecule has 4 rings (SSSR count). The van der Waals surface area contributed by atoms with Crippen molar-refractivity contribution >= 4 is 42.6 Å². The van der Waals surface area contributed by atoms with E-state index in [1.54, 1.807) is 14.2 Å². The highest BCUT2D eigenvalue weighted by Gasteiger charge is 2.15. The van der Waals surface area contributed by atoms with Gasteiger partial charge in [-0.3, -0.25) is 0 Å². The lowest BCUT2D eigenvalue weighted by Gasteiger charge is -2.17. The number of alkyl halides is 2. The number of methoxy groups -OCH3 is 2. The lowest BCUT2D eigenvalue weighted by Crippen LogP contribution is -1.94. The molecule has 0 aliphatic rings. The monoisotopic (exact) mass is 524 g/mol. The van der Waals surface area contributed by atoms with Gasteiger partial charge in [-0.15, -0.1) is 0 Å². The average molecular weight is 526 g/mol. The Morgan fingerprint density at radius 1 is 0.600 bits per heavy atom. The topological polar surface area (TPSA) is 18.5 Å². The molecule has 0 saturated heterocycles. The van der Waals surface area contributed by atoms with Crippen LogP contribution in [0.2, 0.25) is 0 Å². The van der Waals surface area contributed by atoms with Crippen molar-refractivity contribution in [3.63, 3.8) is 0 Å². The average Bonchev–Trinajstić information content (AvgIpc) is 2.82. The van der Waals surface area contributed by atoms with Gasteiger partial charge < -0.3 is 9.47 Å². The van der Waals surface area contributed by atoms with E-state index in [9.17, 15) is 0 Å². The maximum Gasteiger partial charge on any atom is 0.119 e. The normalized spacial score (nSPS) is 10.9. The second-order valence-electron chi connectivity index (χ2n) is 7.02. The van der Waals surface area contributed by atoms with Gasteiger partial charge in [-0.2, -0.15) is 0 Å². The van der Waals surface area contributed by atoms with Gasteiger partial charge in [-0.1, -0.05) is 80.4 Å². The van der Waals surface area contributed by atoms with Crippen molar-refractivity contribution in [1.29, 1.82) is 0 Å². The van der Waals surface area contributed by atoms with E-state index in [-0.39, 0.29) is 0 Å². The molecule has 4 aromatic rings. The number of hydrogen-bond donors (Lipinski definition) is 0. The second kappa shape index (κ2) is 9.23. The third-order valence-electron chi connectivity index (χ3n) is 5.40. The fraction of sp³-hybridized carbons (Fsp3) is 0.154. The maximum atomic E-state index is 5.44. The number of benzene rings is 4. The summed E-state index contributed by atoms with van der Waals surface area (Å²) in [5.41, 5.74) is 7.26. The molecule has 30 heavy (non-hydrogen) atoms. The zero-order chi connectivity index (χ0) is 21.1. The minimum Gasteiger partial charge on any atom is -0.497 e. The summed E-state index contributed by atoms with van der Waals surface area (Å²) in [5.74, 6) is 1.73. The molecule has 0 unspecified atom stereocenters. The van der Waals surface area contributed by atoms with E-state index in [4.69, 9.17) is 9.47 Å². The highest BCUT2D eigenvalue weighted by atomic mass is 79.9. The third-order valence-corrected chi connectivity index (χ3v) is 6.61. The molecule has 2 nitrogen and oxygen atoms in total. The lowest BCUT2D eigenvalue weighted by atomic mass is 9.88. The van der Waals surface area contributed by atoms with Crippen molar-refractivity contribution in [3.05, 3.63) is 83.9 Å². The summed E-state index contributed by atoms with van der Waals surface area (Å²) in [4.78, 5) is 0. The standard InChI is InChI=1S/C26H22Br2O2/c1-29-20-9-11-22(18(13-20)15-27)24-7-3-5-17-6-4-8-25(26(17)24)23-12-10-21(30-2)14-19(23)16-28/h3-14H,15-16H2,1-2H3. The molecule has 0 aliphatic carbocycles. The maximum absolute atomic E-state index is 5.44. The quantitative estimate of drug-likeness (QED) is 0.237. The first-order valence-electron chi connectivity index (χ1n) is 9.68. The minimum atomic E-state index is 0.757. The minimum absolute atomic E-state index is 0.757. The first-order valence-corrected chi connectivity index (χ1v) is 11.9. The van der Waals surface area contributed by atoms with Crippen molar-refractivity contribution < 1.29 is 9.47 Å². The molecule has 0 atom stereocenters. The van der Waals surface area contributed by atoms with Crippen LogP contribution in [0.5, 0.6) is 11.5 Å². The summed E-state index contributed by atoms with van der Waals surface area (Å²) in [7, 11) is 3.41. The molecule has 0 aromatic heterocycles. The van der Waals surface area contributed by atoms with Gasteiger partial charge in [-0.25, -0.2) is 0 Å². The molecule has 0 spiro atoms. The summed E-state index contributed by atoms with van der Waals surface area (Å²) >= 11 is 7.32. The predicted octanol–water partition coefficient (Wildman–Crippen LogP) is 7.98. The Morgan fingerprint density at radius 2 is 1.07 bits per heavy atom. The van der Waals surface area contributed by atoms with E-state index < -0.39 is 0 Å². The van der Waals surface area contributed by atoms with Gasteiger partial charge >= 0.3 is 0 Å². The molecule has 4 heteroatoms. The van der Waals surface area contributed by atoms with E-state index >= 15 is 0 Å². The molecule has 0 fully saturated rings. The van der Waals surface area contributed by atoms with Crippen molar-refractivity contribution in [1.82, 2.24) is 0 Å².